The third kappa shape index (κ3) is 9.46. The number of phenolic OH excluding ortho intramolecular Hbond substituents is 1. The predicted molar refractivity (Wildman–Crippen MR) is 167 cm³/mol. The number of aromatic hydroxyl groups is 1. The molecule has 3 atom stereocenters. The third-order valence-electron chi connectivity index (χ3n) is 7.21. The van der Waals surface area contributed by atoms with E-state index in [9.17, 15) is 24.3 Å². The molecule has 44 heavy (non-hydrogen) atoms. The minimum atomic E-state index is -1.30. The molecule has 1 aliphatic rings. The quantitative estimate of drug-likeness (QED) is 0.319. The summed E-state index contributed by atoms with van der Waals surface area (Å²) in [7, 11) is 0. The van der Waals surface area contributed by atoms with Crippen LogP contribution in [-0.4, -0.2) is 63.2 Å². The van der Waals surface area contributed by atoms with Crippen molar-refractivity contribution in [3.05, 3.63) is 65.2 Å². The van der Waals surface area contributed by atoms with Crippen molar-refractivity contribution in [3.63, 3.8) is 0 Å². The fraction of sp³-hybridized carbons (Fsp3) is 0.529. The molecule has 3 amide bonds. The molecule has 1 saturated carbocycles. The second kappa shape index (κ2) is 14.1. The normalized spacial score (nSPS) is 15.6. The lowest BCUT2D eigenvalue weighted by molar-refractivity contribution is -0.159. The van der Waals surface area contributed by atoms with Gasteiger partial charge in [-0.25, -0.2) is 9.59 Å². The Labute approximate surface area is 260 Å². The number of carbonyl (C=O) groups is 4. The van der Waals surface area contributed by atoms with E-state index in [0.717, 1.165) is 12.0 Å². The molecule has 0 radical (unpaired) electrons. The molecule has 0 bridgehead atoms. The van der Waals surface area contributed by atoms with Gasteiger partial charge in [-0.3, -0.25) is 9.59 Å². The fourth-order valence-corrected chi connectivity index (χ4v) is 4.94. The van der Waals surface area contributed by atoms with E-state index in [2.05, 4.69) is 10.6 Å². The minimum absolute atomic E-state index is 0.130. The Morgan fingerprint density at radius 1 is 0.909 bits per heavy atom. The molecular weight excluding hydrogens is 562 g/mol. The maximum Gasteiger partial charge on any atom is 0.408 e. The second-order valence-corrected chi connectivity index (χ2v) is 13.4. The molecule has 10 nitrogen and oxygen atoms in total. The number of esters is 1. The molecule has 0 aliphatic heterocycles. The lowest BCUT2D eigenvalue weighted by atomic mass is 9.87. The van der Waals surface area contributed by atoms with Crippen LogP contribution >= 0.6 is 0 Å². The van der Waals surface area contributed by atoms with Crippen LogP contribution < -0.4 is 10.6 Å². The number of amides is 3. The van der Waals surface area contributed by atoms with E-state index < -0.39 is 53.2 Å². The molecule has 3 unspecified atom stereocenters. The molecule has 3 N–H and O–H groups in total. The number of hydrogen-bond donors (Lipinski definition) is 3. The fourth-order valence-electron chi connectivity index (χ4n) is 4.94. The highest BCUT2D eigenvalue weighted by atomic mass is 16.6. The van der Waals surface area contributed by atoms with Crippen molar-refractivity contribution in [3.8, 4) is 5.75 Å². The van der Waals surface area contributed by atoms with Crippen LogP contribution in [0, 0.1) is 6.92 Å². The van der Waals surface area contributed by atoms with E-state index in [1.807, 2.05) is 30.3 Å². The van der Waals surface area contributed by atoms with E-state index in [1.165, 1.54) is 11.8 Å². The third-order valence-corrected chi connectivity index (χ3v) is 7.21. The summed E-state index contributed by atoms with van der Waals surface area (Å²) in [6, 6.07) is 10.5. The Kier molecular flexibility index (Phi) is 11.1. The second-order valence-electron chi connectivity index (χ2n) is 13.4. The maximum atomic E-state index is 14.4. The summed E-state index contributed by atoms with van der Waals surface area (Å²) in [5, 5.41) is 16.6. The van der Waals surface area contributed by atoms with Crippen molar-refractivity contribution in [2.75, 3.05) is 0 Å². The number of ether oxygens (including phenoxy) is 2. The number of rotatable bonds is 10. The molecule has 3 rings (SSSR count). The van der Waals surface area contributed by atoms with Gasteiger partial charge in [0, 0.05) is 18.0 Å². The average Bonchev–Trinajstić information content (AvgIpc) is 2.87. The smallest absolute Gasteiger partial charge is 0.408 e. The van der Waals surface area contributed by atoms with Gasteiger partial charge in [-0.2, -0.15) is 0 Å². The van der Waals surface area contributed by atoms with Crippen LogP contribution in [0.4, 0.5) is 4.79 Å². The van der Waals surface area contributed by atoms with E-state index in [4.69, 9.17) is 9.47 Å². The first-order valence-corrected chi connectivity index (χ1v) is 15.1. The molecule has 0 heterocycles. The molecule has 1 aliphatic carbocycles. The zero-order chi connectivity index (χ0) is 32.8. The highest BCUT2D eigenvalue weighted by molar-refractivity contribution is 5.94. The van der Waals surface area contributed by atoms with Crippen molar-refractivity contribution >= 4 is 23.9 Å². The number of hydrogen-bond acceptors (Lipinski definition) is 7. The summed E-state index contributed by atoms with van der Waals surface area (Å²) < 4.78 is 11.0. The van der Waals surface area contributed by atoms with Gasteiger partial charge in [0.15, 0.2) is 0 Å². The van der Waals surface area contributed by atoms with Crippen molar-refractivity contribution in [1.29, 1.82) is 0 Å². The van der Waals surface area contributed by atoms with Gasteiger partial charge < -0.3 is 30.1 Å². The van der Waals surface area contributed by atoms with Gasteiger partial charge in [-0.1, -0.05) is 48.5 Å². The monoisotopic (exact) mass is 609 g/mol. The number of nitrogens with zero attached hydrogens (tertiary/aromatic N) is 1. The van der Waals surface area contributed by atoms with Crippen LogP contribution in [0.15, 0.2) is 48.5 Å². The molecule has 0 aromatic heterocycles. The molecule has 0 spiro atoms. The predicted octanol–water partition coefficient (Wildman–Crippen LogP) is 5.11. The van der Waals surface area contributed by atoms with Gasteiger partial charge in [0.25, 0.3) is 0 Å². The number of benzene rings is 2. The molecule has 2 aromatic rings. The summed E-state index contributed by atoms with van der Waals surface area (Å²) in [5.41, 5.74) is -0.0299. The zero-order valence-electron chi connectivity index (χ0n) is 27.1. The van der Waals surface area contributed by atoms with Crippen molar-refractivity contribution in [1.82, 2.24) is 15.5 Å². The van der Waals surface area contributed by atoms with Gasteiger partial charge in [0.2, 0.25) is 11.8 Å². The maximum absolute atomic E-state index is 14.4. The summed E-state index contributed by atoms with van der Waals surface area (Å²) >= 11 is 0. The highest BCUT2D eigenvalue weighted by Gasteiger charge is 2.43. The Morgan fingerprint density at radius 2 is 1.52 bits per heavy atom. The van der Waals surface area contributed by atoms with Crippen molar-refractivity contribution in [2.24, 2.45) is 0 Å². The Bertz CT molecular complexity index is 1330. The Hall–Kier alpha value is -4.08. The van der Waals surface area contributed by atoms with Gasteiger partial charge >= 0.3 is 12.1 Å². The van der Waals surface area contributed by atoms with Crippen LogP contribution in [0.25, 0.3) is 0 Å². The number of nitrogens with one attached hydrogen (secondary N) is 2. The van der Waals surface area contributed by atoms with Gasteiger partial charge in [-0.05, 0) is 85.8 Å². The van der Waals surface area contributed by atoms with E-state index in [-0.39, 0.29) is 23.8 Å². The molecule has 1 fully saturated rings. The van der Waals surface area contributed by atoms with Crippen LogP contribution in [0.3, 0.4) is 0 Å². The SMILES string of the molecule is Cc1cccc(C(C(=O)NC(Cc2ccccc2)C(=O)OC(C)(C)C)N(C(=O)C(C)NC(=O)OC(C)(C)C)C2CCC2)c1O. The van der Waals surface area contributed by atoms with Gasteiger partial charge in [0.1, 0.15) is 35.1 Å². The zero-order valence-corrected chi connectivity index (χ0v) is 27.1. The first kappa shape index (κ1) is 34.4. The molecule has 240 valence electrons. The van der Waals surface area contributed by atoms with Gasteiger partial charge in [0.05, 0.1) is 0 Å². The lowest BCUT2D eigenvalue weighted by Crippen LogP contribution is -2.58. The van der Waals surface area contributed by atoms with E-state index >= 15 is 0 Å². The number of para-hydroxylation sites is 1. The Morgan fingerprint density at radius 3 is 2.07 bits per heavy atom. The van der Waals surface area contributed by atoms with E-state index in [1.54, 1.807) is 66.7 Å². The summed E-state index contributed by atoms with van der Waals surface area (Å²) in [6.45, 7) is 13.6. The van der Waals surface area contributed by atoms with E-state index in [0.29, 0.717) is 18.4 Å². The average molecular weight is 610 g/mol. The van der Waals surface area contributed by atoms with Gasteiger partial charge in [-0.15, -0.1) is 0 Å². The first-order valence-electron chi connectivity index (χ1n) is 15.1. The van der Waals surface area contributed by atoms with Crippen molar-refractivity contribution in [2.45, 2.75) is 116 Å². The number of aryl methyl sites for hydroxylation is 1. The number of phenols is 1. The standard InChI is InChI=1S/C34H47N3O7/c1-21-14-12-19-25(28(21)38)27(37(24-17-13-18-24)30(40)22(2)35-32(42)44-34(6,7)8)29(39)36-26(31(41)43-33(3,4)5)20-23-15-10-9-11-16-23/h9-12,14-16,19,22,24,26-27,38H,13,17-18,20H2,1-8H3,(H,35,42)(H,36,39). The van der Waals surface area contributed by atoms with Crippen molar-refractivity contribution < 1.29 is 33.8 Å². The highest BCUT2D eigenvalue weighted by Crippen LogP contribution is 2.38. The van der Waals surface area contributed by atoms with Crippen LogP contribution in [0.2, 0.25) is 0 Å². The summed E-state index contributed by atoms with van der Waals surface area (Å²) in [4.78, 5) is 55.8. The topological polar surface area (TPSA) is 134 Å². The first-order chi connectivity index (χ1) is 20.5. The largest absolute Gasteiger partial charge is 0.507 e. The lowest BCUT2D eigenvalue weighted by Gasteiger charge is -2.43. The number of carbonyl (C=O) groups excluding carboxylic acids is 4. The molecular formula is C34H47N3O7. The van der Waals surface area contributed by atoms with Crippen LogP contribution in [0.1, 0.15) is 90.5 Å². The summed E-state index contributed by atoms with van der Waals surface area (Å²) in [6.07, 6.45) is 1.52. The summed E-state index contributed by atoms with van der Waals surface area (Å²) in [5.74, 6) is -1.92. The minimum Gasteiger partial charge on any atom is -0.507 e. The molecule has 2 aromatic carbocycles. The Balaban J connectivity index is 2.03. The van der Waals surface area contributed by atoms with Crippen LogP contribution in [-0.2, 0) is 30.3 Å². The number of alkyl carbamates (subject to hydrolysis) is 1. The molecule has 0 saturated heterocycles. The van der Waals surface area contributed by atoms with Crippen LogP contribution in [0.5, 0.6) is 5.75 Å². The molecule has 10 heteroatoms.